The molecule has 0 saturated heterocycles. The molecule has 8 heteroatoms. The van der Waals surface area contributed by atoms with Crippen molar-refractivity contribution in [2.75, 3.05) is 10.6 Å². The van der Waals surface area contributed by atoms with Crippen LogP contribution in [0, 0.1) is 6.92 Å². The first kappa shape index (κ1) is 22.9. The van der Waals surface area contributed by atoms with E-state index in [1.54, 1.807) is 23.7 Å². The van der Waals surface area contributed by atoms with E-state index in [2.05, 4.69) is 16.0 Å². The van der Waals surface area contributed by atoms with Crippen molar-refractivity contribution >= 4 is 29.2 Å². The summed E-state index contributed by atoms with van der Waals surface area (Å²) in [5.74, 6) is -0.752. The molecule has 0 heterocycles. The van der Waals surface area contributed by atoms with Crippen molar-refractivity contribution in [3.8, 4) is 0 Å². The number of benzene rings is 2. The Labute approximate surface area is 176 Å². The fourth-order valence-electron chi connectivity index (χ4n) is 2.93. The van der Waals surface area contributed by atoms with Crippen molar-refractivity contribution in [3.05, 3.63) is 60.2 Å². The molecule has 0 unspecified atom stereocenters. The Kier molecular flexibility index (Phi) is 9.33. The molecule has 2 aromatic rings. The molecule has 4 amide bonds. The summed E-state index contributed by atoms with van der Waals surface area (Å²) in [6, 6.07) is 15.2. The van der Waals surface area contributed by atoms with Gasteiger partial charge in [-0.3, -0.25) is 14.8 Å². The number of rotatable bonds is 10. The zero-order valence-electron chi connectivity index (χ0n) is 17.0. The quantitative estimate of drug-likeness (QED) is 0.233. The normalized spacial score (nSPS) is 11.3. The Morgan fingerprint density at radius 1 is 0.900 bits per heavy atom. The number of urea groups is 1. The molecule has 1 atom stereocenters. The molecule has 160 valence electrons. The van der Waals surface area contributed by atoms with E-state index in [0.29, 0.717) is 37.1 Å². The second-order valence-electron chi connectivity index (χ2n) is 7.01. The number of carbonyl (C=O) groups excluding carboxylic acids is 3. The predicted octanol–water partition coefficient (Wildman–Crippen LogP) is 3.58. The maximum absolute atomic E-state index is 12.7. The summed E-state index contributed by atoms with van der Waals surface area (Å²) >= 11 is 0. The highest BCUT2D eigenvalue weighted by molar-refractivity contribution is 5.99. The largest absolute Gasteiger partial charge is 0.326 e. The number of para-hydroxylation sites is 1. The summed E-state index contributed by atoms with van der Waals surface area (Å²) in [4.78, 5) is 36.2. The van der Waals surface area contributed by atoms with E-state index in [0.717, 1.165) is 5.56 Å². The molecular weight excluding hydrogens is 384 g/mol. The molecular formula is C22H28N4O4. The van der Waals surface area contributed by atoms with E-state index in [9.17, 15) is 14.4 Å². The van der Waals surface area contributed by atoms with Gasteiger partial charge in [-0.05, 0) is 49.6 Å². The van der Waals surface area contributed by atoms with Gasteiger partial charge in [0.25, 0.3) is 0 Å². The lowest BCUT2D eigenvalue weighted by Crippen LogP contribution is -2.45. The molecule has 30 heavy (non-hydrogen) atoms. The minimum Gasteiger partial charge on any atom is -0.326 e. The SMILES string of the molecule is Cc1cccc(NC(=O)N[C@@H](CCCCCC(=O)NO)C(=O)Nc2ccccc2)c1. The van der Waals surface area contributed by atoms with Crippen molar-refractivity contribution in [1.82, 2.24) is 10.8 Å². The number of nitrogens with one attached hydrogen (secondary N) is 4. The zero-order valence-corrected chi connectivity index (χ0v) is 17.0. The number of unbranched alkanes of at least 4 members (excludes halogenated alkanes) is 2. The first-order valence-corrected chi connectivity index (χ1v) is 9.91. The maximum atomic E-state index is 12.7. The Hall–Kier alpha value is -3.39. The van der Waals surface area contributed by atoms with Crippen molar-refractivity contribution in [1.29, 1.82) is 0 Å². The number of hydroxylamine groups is 1. The van der Waals surface area contributed by atoms with E-state index in [4.69, 9.17) is 5.21 Å². The summed E-state index contributed by atoms with van der Waals surface area (Å²) < 4.78 is 0. The Bertz CT molecular complexity index is 842. The summed E-state index contributed by atoms with van der Waals surface area (Å²) in [5.41, 5.74) is 3.90. The van der Waals surface area contributed by atoms with Gasteiger partial charge in [0.05, 0.1) is 0 Å². The molecule has 2 rings (SSSR count). The van der Waals surface area contributed by atoms with Crippen LogP contribution in [0.4, 0.5) is 16.2 Å². The Balaban J connectivity index is 1.93. The molecule has 0 aromatic heterocycles. The lowest BCUT2D eigenvalue weighted by Gasteiger charge is -2.19. The molecule has 0 fully saturated rings. The van der Waals surface area contributed by atoms with Crippen LogP contribution in [-0.2, 0) is 9.59 Å². The van der Waals surface area contributed by atoms with E-state index in [1.807, 2.05) is 43.3 Å². The first-order chi connectivity index (χ1) is 14.5. The molecule has 0 spiro atoms. The standard InChI is InChI=1S/C22H28N4O4/c1-16-9-8-12-18(15-16)24-22(29)25-19(13-6-3-7-14-20(27)26-30)21(28)23-17-10-4-2-5-11-17/h2,4-5,8-12,15,19,30H,3,6-7,13-14H2,1H3,(H,23,28)(H,26,27)(H2,24,25,29)/t19-/m0/s1. The topological polar surface area (TPSA) is 120 Å². The molecule has 8 nitrogen and oxygen atoms in total. The summed E-state index contributed by atoms with van der Waals surface area (Å²) in [7, 11) is 0. The predicted molar refractivity (Wildman–Crippen MR) is 115 cm³/mol. The molecule has 2 aromatic carbocycles. The molecule has 0 aliphatic heterocycles. The average molecular weight is 412 g/mol. The fraction of sp³-hybridized carbons (Fsp3) is 0.318. The lowest BCUT2D eigenvalue weighted by atomic mass is 10.1. The molecule has 5 N–H and O–H groups in total. The first-order valence-electron chi connectivity index (χ1n) is 9.91. The Morgan fingerprint density at radius 2 is 1.63 bits per heavy atom. The van der Waals surface area contributed by atoms with Gasteiger partial charge in [0.15, 0.2) is 0 Å². The van der Waals surface area contributed by atoms with Gasteiger partial charge < -0.3 is 16.0 Å². The van der Waals surface area contributed by atoms with Gasteiger partial charge in [0, 0.05) is 17.8 Å². The van der Waals surface area contributed by atoms with Crippen LogP contribution in [0.2, 0.25) is 0 Å². The van der Waals surface area contributed by atoms with Gasteiger partial charge in [0.1, 0.15) is 6.04 Å². The average Bonchev–Trinajstić information content (AvgIpc) is 2.73. The number of aryl methyl sites for hydroxylation is 1. The second kappa shape index (κ2) is 12.2. The van der Waals surface area contributed by atoms with Crippen molar-refractivity contribution in [2.45, 2.75) is 45.1 Å². The van der Waals surface area contributed by atoms with Gasteiger partial charge in [-0.25, -0.2) is 10.3 Å². The van der Waals surface area contributed by atoms with Gasteiger partial charge in [-0.2, -0.15) is 0 Å². The third-order valence-corrected chi connectivity index (χ3v) is 4.46. The highest BCUT2D eigenvalue weighted by Crippen LogP contribution is 2.12. The molecule has 0 saturated carbocycles. The number of hydrogen-bond donors (Lipinski definition) is 5. The minimum absolute atomic E-state index is 0.207. The molecule has 0 aliphatic rings. The van der Waals surface area contributed by atoms with Crippen molar-refractivity contribution in [3.63, 3.8) is 0 Å². The highest BCUT2D eigenvalue weighted by atomic mass is 16.5. The molecule has 0 aliphatic carbocycles. The number of amides is 4. The van der Waals surface area contributed by atoms with Crippen LogP contribution in [0.1, 0.15) is 37.7 Å². The fourth-order valence-corrected chi connectivity index (χ4v) is 2.93. The third-order valence-electron chi connectivity index (χ3n) is 4.46. The summed E-state index contributed by atoms with van der Waals surface area (Å²) in [5, 5.41) is 16.8. The van der Waals surface area contributed by atoms with Crippen LogP contribution in [-0.4, -0.2) is 29.1 Å². The van der Waals surface area contributed by atoms with Gasteiger partial charge >= 0.3 is 6.03 Å². The lowest BCUT2D eigenvalue weighted by molar-refractivity contribution is -0.129. The summed E-state index contributed by atoms with van der Waals surface area (Å²) in [6.45, 7) is 1.93. The number of hydrogen-bond acceptors (Lipinski definition) is 4. The number of carbonyl (C=O) groups is 3. The third kappa shape index (κ3) is 8.32. The number of anilines is 2. The van der Waals surface area contributed by atoms with E-state index in [-0.39, 0.29) is 12.3 Å². The van der Waals surface area contributed by atoms with Crippen LogP contribution in [0.5, 0.6) is 0 Å². The van der Waals surface area contributed by atoms with E-state index in [1.165, 1.54) is 0 Å². The van der Waals surface area contributed by atoms with E-state index >= 15 is 0 Å². The van der Waals surface area contributed by atoms with Crippen LogP contribution in [0.25, 0.3) is 0 Å². The summed E-state index contributed by atoms with van der Waals surface area (Å²) in [6.07, 6.45) is 2.52. The van der Waals surface area contributed by atoms with Crippen LogP contribution < -0.4 is 21.4 Å². The van der Waals surface area contributed by atoms with Gasteiger partial charge in [-0.15, -0.1) is 0 Å². The van der Waals surface area contributed by atoms with Crippen molar-refractivity contribution < 1.29 is 19.6 Å². The van der Waals surface area contributed by atoms with Crippen LogP contribution in [0.15, 0.2) is 54.6 Å². The highest BCUT2D eigenvalue weighted by Gasteiger charge is 2.21. The Morgan fingerprint density at radius 3 is 2.33 bits per heavy atom. The van der Waals surface area contributed by atoms with Gasteiger partial charge in [-0.1, -0.05) is 43.2 Å². The minimum atomic E-state index is -0.735. The van der Waals surface area contributed by atoms with Crippen LogP contribution >= 0.6 is 0 Å². The zero-order chi connectivity index (χ0) is 21.8. The van der Waals surface area contributed by atoms with E-state index < -0.39 is 18.0 Å². The molecule has 0 radical (unpaired) electrons. The maximum Gasteiger partial charge on any atom is 0.319 e. The van der Waals surface area contributed by atoms with Gasteiger partial charge in [0.2, 0.25) is 11.8 Å². The second-order valence-corrected chi connectivity index (χ2v) is 7.01. The van der Waals surface area contributed by atoms with Crippen molar-refractivity contribution in [2.24, 2.45) is 0 Å². The molecule has 0 bridgehead atoms. The van der Waals surface area contributed by atoms with Crippen LogP contribution in [0.3, 0.4) is 0 Å². The smallest absolute Gasteiger partial charge is 0.319 e. The monoisotopic (exact) mass is 412 g/mol.